The quantitative estimate of drug-likeness (QED) is 0.488. The number of fused-ring (bicyclic) bond motifs is 1. The molecule has 21 heavy (non-hydrogen) atoms. The SMILES string of the molecule is NNC(=O)c1cccc(OCCN2CC3CCCC3C2)c1. The first kappa shape index (κ1) is 14.4. The van der Waals surface area contributed by atoms with Crippen molar-refractivity contribution in [3.05, 3.63) is 29.8 Å². The third kappa shape index (κ3) is 3.36. The fraction of sp³-hybridized carbons (Fsp3) is 0.562. The monoisotopic (exact) mass is 289 g/mol. The fourth-order valence-electron chi connectivity index (χ4n) is 3.62. The second kappa shape index (κ2) is 6.45. The van der Waals surface area contributed by atoms with Gasteiger partial charge in [-0.25, -0.2) is 5.84 Å². The molecule has 1 saturated carbocycles. The second-order valence-corrected chi connectivity index (χ2v) is 6.06. The number of nitrogens with zero attached hydrogens (tertiary/aromatic N) is 1. The van der Waals surface area contributed by atoms with E-state index >= 15 is 0 Å². The van der Waals surface area contributed by atoms with Crippen LogP contribution in [0.5, 0.6) is 5.75 Å². The van der Waals surface area contributed by atoms with Crippen LogP contribution in [0.3, 0.4) is 0 Å². The molecule has 5 heteroatoms. The molecule has 3 rings (SSSR count). The van der Waals surface area contributed by atoms with Gasteiger partial charge < -0.3 is 4.74 Å². The minimum absolute atomic E-state index is 0.298. The van der Waals surface area contributed by atoms with Crippen molar-refractivity contribution < 1.29 is 9.53 Å². The highest BCUT2D eigenvalue weighted by Gasteiger charge is 2.35. The summed E-state index contributed by atoms with van der Waals surface area (Å²) in [5.41, 5.74) is 2.65. The van der Waals surface area contributed by atoms with E-state index in [1.54, 1.807) is 18.2 Å². The highest BCUT2D eigenvalue weighted by Crippen LogP contribution is 2.37. The van der Waals surface area contributed by atoms with Crippen LogP contribution in [0.15, 0.2) is 24.3 Å². The number of hydrazine groups is 1. The number of amides is 1. The van der Waals surface area contributed by atoms with E-state index in [4.69, 9.17) is 10.6 Å². The molecule has 0 spiro atoms. The summed E-state index contributed by atoms with van der Waals surface area (Å²) in [5.74, 6) is 7.39. The molecule has 0 bridgehead atoms. The lowest BCUT2D eigenvalue weighted by molar-refractivity contribution is 0.0953. The second-order valence-electron chi connectivity index (χ2n) is 6.06. The minimum Gasteiger partial charge on any atom is -0.492 e. The molecule has 2 aliphatic rings. The third-order valence-corrected chi connectivity index (χ3v) is 4.71. The average molecular weight is 289 g/mol. The molecule has 3 N–H and O–H groups in total. The van der Waals surface area contributed by atoms with E-state index in [1.165, 1.54) is 32.4 Å². The number of ether oxygens (including phenoxy) is 1. The molecule has 5 nitrogen and oxygen atoms in total. The number of hydrogen-bond acceptors (Lipinski definition) is 4. The molecule has 1 aromatic rings. The normalized spacial score (nSPS) is 24.8. The number of likely N-dealkylation sites (tertiary alicyclic amines) is 1. The Bertz CT molecular complexity index is 494. The highest BCUT2D eigenvalue weighted by molar-refractivity contribution is 5.94. The summed E-state index contributed by atoms with van der Waals surface area (Å²) in [5, 5.41) is 0. The molecule has 1 amide bonds. The Labute approximate surface area is 125 Å². The predicted octanol–water partition coefficient (Wildman–Crippen LogP) is 1.40. The Hall–Kier alpha value is -1.59. The molecule has 114 valence electrons. The van der Waals surface area contributed by atoms with Crippen molar-refractivity contribution >= 4 is 5.91 Å². The van der Waals surface area contributed by atoms with Gasteiger partial charge in [0.05, 0.1) is 0 Å². The van der Waals surface area contributed by atoms with Gasteiger partial charge in [0.15, 0.2) is 0 Å². The van der Waals surface area contributed by atoms with Crippen LogP contribution in [0.4, 0.5) is 0 Å². The zero-order valence-corrected chi connectivity index (χ0v) is 12.3. The highest BCUT2D eigenvalue weighted by atomic mass is 16.5. The molecule has 1 aliphatic heterocycles. The zero-order valence-electron chi connectivity index (χ0n) is 12.3. The van der Waals surface area contributed by atoms with E-state index in [0.29, 0.717) is 12.2 Å². The van der Waals surface area contributed by atoms with Gasteiger partial charge in [0, 0.05) is 25.2 Å². The lowest BCUT2D eigenvalue weighted by Gasteiger charge is -2.17. The average Bonchev–Trinajstić information content (AvgIpc) is 3.08. The van der Waals surface area contributed by atoms with Crippen molar-refractivity contribution in [2.45, 2.75) is 19.3 Å². The molecule has 1 heterocycles. The summed E-state index contributed by atoms with van der Waals surface area (Å²) >= 11 is 0. The predicted molar refractivity (Wildman–Crippen MR) is 80.9 cm³/mol. The standard InChI is InChI=1S/C16H23N3O2/c17-18-16(20)12-3-2-6-15(9-12)21-8-7-19-10-13-4-1-5-14(13)11-19/h2-3,6,9,13-14H,1,4-5,7-8,10-11,17H2,(H,18,20). The van der Waals surface area contributed by atoms with Gasteiger partial charge in [-0.3, -0.25) is 15.1 Å². The summed E-state index contributed by atoms with van der Waals surface area (Å²) in [6.07, 6.45) is 4.21. The van der Waals surface area contributed by atoms with Crippen LogP contribution < -0.4 is 16.0 Å². The van der Waals surface area contributed by atoms with E-state index in [1.807, 2.05) is 6.07 Å². The minimum atomic E-state index is -0.298. The largest absolute Gasteiger partial charge is 0.492 e. The van der Waals surface area contributed by atoms with Gasteiger partial charge in [0.25, 0.3) is 5.91 Å². The maximum Gasteiger partial charge on any atom is 0.265 e. The first-order chi connectivity index (χ1) is 10.3. The molecule has 1 aromatic carbocycles. The molecule has 0 aromatic heterocycles. The summed E-state index contributed by atoms with van der Waals surface area (Å²) in [6, 6.07) is 7.11. The summed E-state index contributed by atoms with van der Waals surface area (Å²) < 4.78 is 5.76. The lowest BCUT2D eigenvalue weighted by atomic mass is 10.0. The Morgan fingerprint density at radius 1 is 1.33 bits per heavy atom. The van der Waals surface area contributed by atoms with Crippen molar-refractivity contribution in [2.75, 3.05) is 26.2 Å². The number of nitrogens with one attached hydrogen (secondary N) is 1. The van der Waals surface area contributed by atoms with Crippen LogP contribution in [0.25, 0.3) is 0 Å². The van der Waals surface area contributed by atoms with E-state index in [-0.39, 0.29) is 5.91 Å². The first-order valence-electron chi connectivity index (χ1n) is 7.72. The van der Waals surface area contributed by atoms with Gasteiger partial charge >= 0.3 is 0 Å². The summed E-state index contributed by atoms with van der Waals surface area (Å²) in [6.45, 7) is 4.07. The van der Waals surface area contributed by atoms with Gasteiger partial charge in [-0.05, 0) is 42.9 Å². The topological polar surface area (TPSA) is 67.6 Å². The van der Waals surface area contributed by atoms with Gasteiger partial charge in [0.1, 0.15) is 12.4 Å². The molecular weight excluding hydrogens is 266 g/mol. The molecule has 1 aliphatic carbocycles. The van der Waals surface area contributed by atoms with Crippen molar-refractivity contribution in [3.63, 3.8) is 0 Å². The number of nitrogens with two attached hydrogens (primary N) is 1. The molecule has 0 radical (unpaired) electrons. The van der Waals surface area contributed by atoms with Crippen LogP contribution in [-0.4, -0.2) is 37.0 Å². The van der Waals surface area contributed by atoms with Crippen LogP contribution in [0, 0.1) is 11.8 Å². The summed E-state index contributed by atoms with van der Waals surface area (Å²) in [4.78, 5) is 14.0. The van der Waals surface area contributed by atoms with Gasteiger partial charge in [0.2, 0.25) is 0 Å². The zero-order chi connectivity index (χ0) is 14.7. The number of hydrogen-bond donors (Lipinski definition) is 2. The van der Waals surface area contributed by atoms with Crippen molar-refractivity contribution in [2.24, 2.45) is 17.7 Å². The molecule has 1 saturated heterocycles. The van der Waals surface area contributed by atoms with E-state index in [9.17, 15) is 4.79 Å². The van der Waals surface area contributed by atoms with Crippen LogP contribution in [0.1, 0.15) is 29.6 Å². The van der Waals surface area contributed by atoms with Crippen molar-refractivity contribution in [3.8, 4) is 5.75 Å². The number of nitrogen functional groups attached to an aromatic ring is 1. The molecule has 2 fully saturated rings. The molecule has 2 atom stereocenters. The van der Waals surface area contributed by atoms with Crippen LogP contribution >= 0.6 is 0 Å². The Morgan fingerprint density at radius 2 is 2.10 bits per heavy atom. The lowest BCUT2D eigenvalue weighted by Crippen LogP contribution is -2.30. The van der Waals surface area contributed by atoms with Crippen molar-refractivity contribution in [1.29, 1.82) is 0 Å². The van der Waals surface area contributed by atoms with E-state index < -0.39 is 0 Å². The third-order valence-electron chi connectivity index (χ3n) is 4.71. The Morgan fingerprint density at radius 3 is 2.81 bits per heavy atom. The smallest absolute Gasteiger partial charge is 0.265 e. The van der Waals surface area contributed by atoms with Crippen LogP contribution in [0.2, 0.25) is 0 Å². The maximum absolute atomic E-state index is 11.5. The Balaban J connectivity index is 1.46. The van der Waals surface area contributed by atoms with Crippen molar-refractivity contribution in [1.82, 2.24) is 10.3 Å². The molecular formula is C16H23N3O2. The first-order valence-corrected chi connectivity index (χ1v) is 7.72. The van der Waals surface area contributed by atoms with E-state index in [2.05, 4.69) is 10.3 Å². The van der Waals surface area contributed by atoms with Gasteiger partial charge in [-0.15, -0.1) is 0 Å². The number of carbonyl (C=O) groups is 1. The number of rotatable bonds is 5. The fourth-order valence-corrected chi connectivity index (χ4v) is 3.62. The Kier molecular flexibility index (Phi) is 4.41. The number of carbonyl (C=O) groups excluding carboxylic acids is 1. The van der Waals surface area contributed by atoms with Gasteiger partial charge in [-0.1, -0.05) is 12.5 Å². The molecule has 2 unspecified atom stereocenters. The van der Waals surface area contributed by atoms with E-state index in [0.717, 1.165) is 24.1 Å². The van der Waals surface area contributed by atoms with Gasteiger partial charge in [-0.2, -0.15) is 0 Å². The maximum atomic E-state index is 11.5. The summed E-state index contributed by atoms with van der Waals surface area (Å²) in [7, 11) is 0. The number of benzene rings is 1. The van der Waals surface area contributed by atoms with Crippen LogP contribution in [-0.2, 0) is 0 Å².